The van der Waals surface area contributed by atoms with Gasteiger partial charge < -0.3 is 15.2 Å². The summed E-state index contributed by atoms with van der Waals surface area (Å²) in [5.74, 6) is 0.244. The highest BCUT2D eigenvalue weighted by Crippen LogP contribution is 2.28. The maximum atomic E-state index is 5.66. The molecule has 0 aromatic heterocycles. The lowest BCUT2D eigenvalue weighted by Gasteiger charge is -2.27. The zero-order valence-electron chi connectivity index (χ0n) is 11.6. The van der Waals surface area contributed by atoms with Crippen molar-refractivity contribution in [2.45, 2.75) is 38.4 Å². The molecule has 0 spiro atoms. The van der Waals surface area contributed by atoms with Gasteiger partial charge in [0.2, 0.25) is 0 Å². The van der Waals surface area contributed by atoms with E-state index in [1.807, 2.05) is 6.07 Å². The quantitative estimate of drug-likeness (QED) is 0.552. The minimum atomic E-state index is -0.124. The minimum Gasteiger partial charge on any atom is -0.474 e. The molecule has 1 aromatic carbocycles. The molecule has 1 rings (SSSR count). The van der Waals surface area contributed by atoms with Gasteiger partial charge in [0.1, 0.15) is 12.2 Å². The van der Waals surface area contributed by atoms with Crippen LogP contribution in [0.25, 0.3) is 0 Å². The Bertz CT molecular complexity index is 409. The molecule has 2 atom stereocenters. The fourth-order valence-corrected chi connectivity index (χ4v) is 2.63. The van der Waals surface area contributed by atoms with Gasteiger partial charge >= 0.3 is 0 Å². The van der Waals surface area contributed by atoms with Crippen molar-refractivity contribution in [1.82, 2.24) is 0 Å². The molecule has 0 aliphatic heterocycles. The maximum absolute atomic E-state index is 5.66. The molecule has 0 heterocycles. The number of unbranched alkanes of at least 4 members (excludes halogenated alkanes) is 1. The summed E-state index contributed by atoms with van der Waals surface area (Å²) >= 11 is 2.29. The van der Waals surface area contributed by atoms with Crippen LogP contribution >= 0.6 is 22.6 Å². The van der Waals surface area contributed by atoms with Crippen molar-refractivity contribution in [2.75, 3.05) is 7.11 Å². The van der Waals surface area contributed by atoms with Gasteiger partial charge in [-0.1, -0.05) is 25.5 Å². The topological polar surface area (TPSA) is 44.5 Å². The molecular formula is C15H22INO2. The zero-order valence-corrected chi connectivity index (χ0v) is 13.7. The molecule has 0 saturated heterocycles. The van der Waals surface area contributed by atoms with E-state index in [0.29, 0.717) is 0 Å². The first-order valence-corrected chi connectivity index (χ1v) is 7.55. The molecule has 0 radical (unpaired) electrons. The van der Waals surface area contributed by atoms with Gasteiger partial charge in [0.15, 0.2) is 5.88 Å². The summed E-state index contributed by atoms with van der Waals surface area (Å²) in [6.45, 7) is 5.78. The SMILES string of the molecule is C=C(N)O[C@H](CCCC)[C@H](OC)c1cccc(I)c1. The standard InChI is InChI=1S/C15H22INO2/c1-4-5-9-14(19-11(2)17)15(18-3)12-7-6-8-13(16)10-12/h6-8,10,14-15H,2,4-5,9,17H2,1,3H3/t14-,15-/m1/s1. The molecule has 0 unspecified atom stereocenters. The van der Waals surface area contributed by atoms with Crippen LogP contribution in [0, 0.1) is 3.57 Å². The summed E-state index contributed by atoms with van der Waals surface area (Å²) in [5, 5.41) is 0. The van der Waals surface area contributed by atoms with E-state index in [0.717, 1.165) is 24.8 Å². The Hall–Kier alpha value is -0.750. The van der Waals surface area contributed by atoms with E-state index >= 15 is 0 Å². The van der Waals surface area contributed by atoms with Crippen molar-refractivity contribution in [3.63, 3.8) is 0 Å². The molecule has 0 aliphatic rings. The summed E-state index contributed by atoms with van der Waals surface area (Å²) in [5.41, 5.74) is 6.70. The van der Waals surface area contributed by atoms with Crippen LogP contribution in [-0.4, -0.2) is 13.2 Å². The largest absolute Gasteiger partial charge is 0.474 e. The second-order valence-electron chi connectivity index (χ2n) is 4.48. The van der Waals surface area contributed by atoms with Gasteiger partial charge in [0.25, 0.3) is 0 Å². The predicted molar refractivity (Wildman–Crippen MR) is 86.6 cm³/mol. The lowest BCUT2D eigenvalue weighted by atomic mass is 10.00. The fraction of sp³-hybridized carbons (Fsp3) is 0.467. The van der Waals surface area contributed by atoms with Crippen molar-refractivity contribution in [1.29, 1.82) is 0 Å². The molecule has 3 nitrogen and oxygen atoms in total. The van der Waals surface area contributed by atoms with Gasteiger partial charge in [-0.3, -0.25) is 0 Å². The third-order valence-corrected chi connectivity index (χ3v) is 3.58. The first-order valence-electron chi connectivity index (χ1n) is 6.47. The first-order chi connectivity index (χ1) is 9.08. The van der Waals surface area contributed by atoms with E-state index in [1.165, 1.54) is 3.57 Å². The number of halogens is 1. The Kier molecular flexibility index (Phi) is 7.23. The molecule has 4 heteroatoms. The van der Waals surface area contributed by atoms with Crippen molar-refractivity contribution in [3.8, 4) is 0 Å². The van der Waals surface area contributed by atoms with Crippen LogP contribution in [0.5, 0.6) is 0 Å². The summed E-state index contributed by atoms with van der Waals surface area (Å²) in [6.07, 6.45) is 2.86. The summed E-state index contributed by atoms with van der Waals surface area (Å²) < 4.78 is 12.5. The van der Waals surface area contributed by atoms with Gasteiger partial charge in [-0.05, 0) is 59.7 Å². The van der Waals surface area contributed by atoms with Crippen LogP contribution in [0.3, 0.4) is 0 Å². The third-order valence-electron chi connectivity index (χ3n) is 2.91. The van der Waals surface area contributed by atoms with Gasteiger partial charge in [0.05, 0.1) is 0 Å². The van der Waals surface area contributed by atoms with Gasteiger partial charge in [-0.15, -0.1) is 0 Å². The number of hydrogen-bond donors (Lipinski definition) is 1. The van der Waals surface area contributed by atoms with E-state index in [2.05, 4.69) is 54.3 Å². The van der Waals surface area contributed by atoms with Crippen molar-refractivity contribution in [3.05, 3.63) is 45.9 Å². The first kappa shape index (κ1) is 16.3. The van der Waals surface area contributed by atoms with E-state index in [9.17, 15) is 0 Å². The zero-order chi connectivity index (χ0) is 14.3. The van der Waals surface area contributed by atoms with Crippen LogP contribution in [0.15, 0.2) is 36.7 Å². The van der Waals surface area contributed by atoms with Gasteiger partial charge in [-0.2, -0.15) is 0 Å². The number of benzene rings is 1. The Balaban J connectivity index is 2.90. The van der Waals surface area contributed by atoms with Crippen LogP contribution < -0.4 is 5.73 Å². The second-order valence-corrected chi connectivity index (χ2v) is 5.72. The second kappa shape index (κ2) is 8.43. The molecule has 0 aliphatic carbocycles. The van der Waals surface area contributed by atoms with E-state index in [-0.39, 0.29) is 18.1 Å². The van der Waals surface area contributed by atoms with E-state index in [1.54, 1.807) is 7.11 Å². The van der Waals surface area contributed by atoms with Gasteiger partial charge in [0, 0.05) is 10.7 Å². The summed E-state index contributed by atoms with van der Waals surface area (Å²) in [6, 6.07) is 8.24. The molecule has 106 valence electrons. The van der Waals surface area contributed by atoms with Crippen molar-refractivity contribution < 1.29 is 9.47 Å². The monoisotopic (exact) mass is 375 g/mol. The highest BCUT2D eigenvalue weighted by Gasteiger charge is 2.24. The number of ether oxygens (including phenoxy) is 2. The van der Waals surface area contributed by atoms with Crippen LogP contribution in [0.4, 0.5) is 0 Å². The molecule has 1 aromatic rings. The molecule has 0 fully saturated rings. The third kappa shape index (κ3) is 5.40. The minimum absolute atomic E-state index is 0.0966. The lowest BCUT2D eigenvalue weighted by Crippen LogP contribution is -2.25. The Morgan fingerprint density at radius 2 is 2.21 bits per heavy atom. The van der Waals surface area contributed by atoms with Gasteiger partial charge in [-0.25, -0.2) is 0 Å². The van der Waals surface area contributed by atoms with Crippen LogP contribution in [0.1, 0.15) is 37.9 Å². The molecule has 0 amide bonds. The highest BCUT2D eigenvalue weighted by atomic mass is 127. The molecule has 0 saturated carbocycles. The highest BCUT2D eigenvalue weighted by molar-refractivity contribution is 14.1. The Morgan fingerprint density at radius 1 is 1.47 bits per heavy atom. The summed E-state index contributed by atoms with van der Waals surface area (Å²) in [4.78, 5) is 0. The average molecular weight is 375 g/mol. The van der Waals surface area contributed by atoms with E-state index < -0.39 is 0 Å². The molecular weight excluding hydrogens is 353 g/mol. The van der Waals surface area contributed by atoms with Crippen LogP contribution in [-0.2, 0) is 9.47 Å². The Morgan fingerprint density at radius 3 is 2.74 bits per heavy atom. The van der Waals surface area contributed by atoms with Crippen molar-refractivity contribution in [2.24, 2.45) is 5.73 Å². The Labute approximate surface area is 129 Å². The molecule has 2 N–H and O–H groups in total. The number of rotatable bonds is 8. The van der Waals surface area contributed by atoms with Crippen molar-refractivity contribution >= 4 is 22.6 Å². The number of methoxy groups -OCH3 is 1. The van der Waals surface area contributed by atoms with E-state index in [4.69, 9.17) is 15.2 Å². The smallest absolute Gasteiger partial charge is 0.177 e. The maximum Gasteiger partial charge on any atom is 0.177 e. The molecule has 0 bridgehead atoms. The normalized spacial score (nSPS) is 13.8. The predicted octanol–water partition coefficient (Wildman–Crippen LogP) is 3.98. The van der Waals surface area contributed by atoms with Crippen LogP contribution in [0.2, 0.25) is 0 Å². The molecule has 19 heavy (non-hydrogen) atoms. The summed E-state index contributed by atoms with van der Waals surface area (Å²) in [7, 11) is 1.70. The lowest BCUT2D eigenvalue weighted by molar-refractivity contribution is -0.0363. The fourth-order valence-electron chi connectivity index (χ4n) is 2.06. The number of hydrogen-bond acceptors (Lipinski definition) is 3. The number of nitrogens with two attached hydrogens (primary N) is 1. The average Bonchev–Trinajstić information content (AvgIpc) is 2.36.